The molecule has 172 valence electrons. The van der Waals surface area contributed by atoms with Gasteiger partial charge in [-0.3, -0.25) is 19.4 Å². The van der Waals surface area contributed by atoms with Crippen molar-refractivity contribution in [2.24, 2.45) is 0 Å². The predicted molar refractivity (Wildman–Crippen MR) is 135 cm³/mol. The van der Waals surface area contributed by atoms with Gasteiger partial charge in [0.2, 0.25) is 0 Å². The highest BCUT2D eigenvalue weighted by Gasteiger charge is 2.25. The zero-order valence-corrected chi connectivity index (χ0v) is 20.5. The molecule has 0 aliphatic carbocycles. The van der Waals surface area contributed by atoms with Crippen LogP contribution in [-0.2, 0) is 13.1 Å². The number of hydrogen-bond acceptors (Lipinski definition) is 5. The van der Waals surface area contributed by atoms with Crippen LogP contribution < -0.4 is 10.9 Å². The molecule has 2 aromatic carbocycles. The number of aromatic nitrogens is 4. The summed E-state index contributed by atoms with van der Waals surface area (Å²) in [7, 11) is 1.96. The van der Waals surface area contributed by atoms with E-state index in [0.29, 0.717) is 17.6 Å². The molecule has 0 aliphatic heterocycles. The molecular weight excluding hydrogens is 480 g/mol. The number of benzene rings is 2. The Bertz CT molecular complexity index is 1240. The zero-order valence-electron chi connectivity index (χ0n) is 19.0. The van der Waals surface area contributed by atoms with Crippen LogP contribution in [0.25, 0.3) is 11.0 Å². The maximum absolute atomic E-state index is 13.5. The Balaban J connectivity index is 1.78. The van der Waals surface area contributed by atoms with Gasteiger partial charge in [0.1, 0.15) is 11.2 Å². The van der Waals surface area contributed by atoms with E-state index in [1.807, 2.05) is 41.9 Å². The Morgan fingerprint density at radius 2 is 1.88 bits per heavy atom. The Morgan fingerprint density at radius 3 is 2.58 bits per heavy atom. The summed E-state index contributed by atoms with van der Waals surface area (Å²) in [5.41, 5.74) is 2.75. The van der Waals surface area contributed by atoms with Gasteiger partial charge in [-0.15, -0.1) is 0 Å². The van der Waals surface area contributed by atoms with Crippen molar-refractivity contribution in [3.63, 3.8) is 0 Å². The average Bonchev–Trinajstić information content (AvgIpc) is 3.31. The molecule has 4 aromatic rings. The summed E-state index contributed by atoms with van der Waals surface area (Å²) in [5, 5.41) is 10.8. The quantitative estimate of drug-likeness (QED) is 0.337. The molecule has 2 heterocycles. The van der Waals surface area contributed by atoms with Gasteiger partial charge in [0.25, 0.3) is 5.56 Å². The molecule has 7 nitrogen and oxygen atoms in total. The maximum atomic E-state index is 13.5. The molecule has 0 fully saturated rings. The number of nitrogens with one attached hydrogen (secondary N) is 2. The van der Waals surface area contributed by atoms with Crippen molar-refractivity contribution >= 4 is 27.0 Å². The largest absolute Gasteiger partial charge is 0.318 e. The number of nitrogens with zero attached hydrogens (tertiary/aromatic N) is 4. The molecule has 0 saturated heterocycles. The Morgan fingerprint density at radius 1 is 1.12 bits per heavy atom. The molecule has 0 radical (unpaired) electrons. The van der Waals surface area contributed by atoms with Gasteiger partial charge in [-0.1, -0.05) is 65.3 Å². The number of aromatic amines is 1. The van der Waals surface area contributed by atoms with Crippen LogP contribution in [0.2, 0.25) is 0 Å². The first-order valence-electron chi connectivity index (χ1n) is 11.2. The van der Waals surface area contributed by atoms with Crippen molar-refractivity contribution in [3.8, 4) is 0 Å². The fourth-order valence-corrected chi connectivity index (χ4v) is 4.41. The smallest absolute Gasteiger partial charge is 0.265 e. The minimum absolute atomic E-state index is 0.0360. The SMILES string of the molecule is CCC(c1nc2[nH]ncc2c(=O)n1Cc1ccccc1)N(CCNC)Cc1ccc(Br)cc1. The lowest BCUT2D eigenvalue weighted by Crippen LogP contribution is -2.38. The Hall–Kier alpha value is -2.81. The van der Waals surface area contributed by atoms with Crippen LogP contribution in [0, 0.1) is 0 Å². The number of likely N-dealkylation sites (N-methyl/N-ethyl adjacent to an activating group) is 1. The predicted octanol–water partition coefficient (Wildman–Crippen LogP) is 4.10. The molecule has 1 atom stereocenters. The monoisotopic (exact) mass is 508 g/mol. The van der Waals surface area contributed by atoms with Crippen LogP contribution in [0.4, 0.5) is 0 Å². The van der Waals surface area contributed by atoms with E-state index in [2.05, 4.69) is 67.5 Å². The van der Waals surface area contributed by atoms with E-state index in [9.17, 15) is 4.79 Å². The standard InChI is InChI=1S/C25H29BrN6O/c1-3-22(31(14-13-27-2)16-19-9-11-20(26)12-10-19)24-29-23-21(15-28-30-23)25(33)32(24)17-18-7-5-4-6-8-18/h4-12,15,22,27H,3,13-14,16-17H2,1-2H3,(H,28,30). The number of rotatable bonds is 10. The van der Waals surface area contributed by atoms with Gasteiger partial charge < -0.3 is 5.32 Å². The molecule has 0 spiro atoms. The molecule has 0 bridgehead atoms. The van der Waals surface area contributed by atoms with Gasteiger partial charge in [-0.05, 0) is 36.7 Å². The molecule has 0 amide bonds. The average molecular weight is 509 g/mol. The fraction of sp³-hybridized carbons (Fsp3) is 0.320. The van der Waals surface area contributed by atoms with E-state index >= 15 is 0 Å². The van der Waals surface area contributed by atoms with Crippen LogP contribution >= 0.6 is 15.9 Å². The van der Waals surface area contributed by atoms with Crippen LogP contribution in [0.15, 0.2) is 70.1 Å². The maximum Gasteiger partial charge on any atom is 0.265 e. The van der Waals surface area contributed by atoms with Crippen molar-refractivity contribution in [3.05, 3.63) is 92.6 Å². The first kappa shape index (κ1) is 23.4. The highest BCUT2D eigenvalue weighted by Crippen LogP contribution is 2.26. The summed E-state index contributed by atoms with van der Waals surface area (Å²) in [5.74, 6) is 0.760. The number of halogens is 1. The minimum Gasteiger partial charge on any atom is -0.318 e. The highest BCUT2D eigenvalue weighted by atomic mass is 79.9. The fourth-order valence-electron chi connectivity index (χ4n) is 4.15. The molecule has 4 rings (SSSR count). The first-order chi connectivity index (χ1) is 16.1. The van der Waals surface area contributed by atoms with Gasteiger partial charge in [-0.2, -0.15) is 5.10 Å². The number of fused-ring (bicyclic) bond motifs is 1. The Labute approximate surface area is 202 Å². The molecular formula is C25H29BrN6O. The number of hydrogen-bond donors (Lipinski definition) is 2. The van der Waals surface area contributed by atoms with Crippen LogP contribution in [0.5, 0.6) is 0 Å². The van der Waals surface area contributed by atoms with Crippen molar-refractivity contribution in [2.75, 3.05) is 20.1 Å². The van der Waals surface area contributed by atoms with Crippen LogP contribution in [0.1, 0.15) is 36.3 Å². The normalized spacial score (nSPS) is 12.5. The van der Waals surface area contributed by atoms with Gasteiger partial charge in [-0.25, -0.2) is 4.98 Å². The third-order valence-corrected chi connectivity index (χ3v) is 6.38. The van der Waals surface area contributed by atoms with Gasteiger partial charge >= 0.3 is 0 Å². The molecule has 0 saturated carbocycles. The van der Waals surface area contributed by atoms with E-state index in [0.717, 1.165) is 41.9 Å². The molecule has 2 aromatic heterocycles. The third-order valence-electron chi connectivity index (χ3n) is 5.85. The molecule has 33 heavy (non-hydrogen) atoms. The van der Waals surface area contributed by atoms with E-state index in [-0.39, 0.29) is 11.6 Å². The van der Waals surface area contributed by atoms with E-state index < -0.39 is 0 Å². The molecule has 1 unspecified atom stereocenters. The second-order valence-corrected chi connectivity index (χ2v) is 9.02. The zero-order chi connectivity index (χ0) is 23.2. The van der Waals surface area contributed by atoms with E-state index in [1.54, 1.807) is 6.20 Å². The summed E-state index contributed by atoms with van der Waals surface area (Å²) in [6, 6.07) is 18.4. The highest BCUT2D eigenvalue weighted by molar-refractivity contribution is 9.10. The molecule has 8 heteroatoms. The summed E-state index contributed by atoms with van der Waals surface area (Å²) in [6.45, 7) is 5.04. The van der Waals surface area contributed by atoms with Crippen molar-refractivity contribution < 1.29 is 0 Å². The van der Waals surface area contributed by atoms with Gasteiger partial charge in [0, 0.05) is 24.1 Å². The van der Waals surface area contributed by atoms with Crippen LogP contribution in [0.3, 0.4) is 0 Å². The second-order valence-electron chi connectivity index (χ2n) is 8.10. The Kier molecular flexibility index (Phi) is 7.69. The lowest BCUT2D eigenvalue weighted by molar-refractivity contribution is 0.172. The summed E-state index contributed by atoms with van der Waals surface area (Å²) >= 11 is 3.52. The number of H-pyrrole nitrogens is 1. The van der Waals surface area contributed by atoms with Gasteiger partial charge in [0.05, 0.1) is 18.8 Å². The molecule has 2 N–H and O–H groups in total. The van der Waals surface area contributed by atoms with Crippen molar-refractivity contribution in [2.45, 2.75) is 32.5 Å². The molecule has 0 aliphatic rings. The minimum atomic E-state index is -0.0664. The third kappa shape index (κ3) is 5.40. The summed E-state index contributed by atoms with van der Waals surface area (Å²) < 4.78 is 2.87. The van der Waals surface area contributed by atoms with Gasteiger partial charge in [0.15, 0.2) is 5.65 Å². The lowest BCUT2D eigenvalue weighted by Gasteiger charge is -2.32. The summed E-state index contributed by atoms with van der Waals surface area (Å²) in [4.78, 5) is 20.8. The van der Waals surface area contributed by atoms with E-state index in [1.165, 1.54) is 5.56 Å². The second kappa shape index (κ2) is 10.9. The van der Waals surface area contributed by atoms with Crippen molar-refractivity contribution in [1.29, 1.82) is 0 Å². The summed E-state index contributed by atoms with van der Waals surface area (Å²) in [6.07, 6.45) is 2.39. The topological polar surface area (TPSA) is 78.8 Å². The lowest BCUT2D eigenvalue weighted by atomic mass is 10.1. The van der Waals surface area contributed by atoms with Crippen molar-refractivity contribution in [1.82, 2.24) is 30.0 Å². The first-order valence-corrected chi connectivity index (χ1v) is 12.0. The van der Waals surface area contributed by atoms with Crippen LogP contribution in [-0.4, -0.2) is 44.8 Å². The van der Waals surface area contributed by atoms with E-state index in [4.69, 9.17) is 4.98 Å².